The fraction of sp³-hybridized carbons (Fsp3) is 0.182. The van der Waals surface area contributed by atoms with Gasteiger partial charge in [-0.15, -0.1) is 11.3 Å². The zero-order chi connectivity index (χ0) is 10.1. The van der Waals surface area contributed by atoms with E-state index in [1.54, 1.807) is 0 Å². The highest BCUT2D eigenvalue weighted by Gasteiger charge is 2.11. The molecule has 0 aromatic carbocycles. The van der Waals surface area contributed by atoms with Gasteiger partial charge in [0.25, 0.3) is 0 Å². The summed E-state index contributed by atoms with van der Waals surface area (Å²) in [6.45, 7) is 3.82. The molecule has 0 radical (unpaired) electrons. The SMILES string of the molecule is Cc1cc(-c2ccsc2C=O)c(C)o1. The van der Waals surface area contributed by atoms with Gasteiger partial charge in [0.2, 0.25) is 0 Å². The molecule has 0 saturated heterocycles. The fourth-order valence-electron chi connectivity index (χ4n) is 1.53. The van der Waals surface area contributed by atoms with Gasteiger partial charge in [0.05, 0.1) is 4.88 Å². The monoisotopic (exact) mass is 206 g/mol. The van der Waals surface area contributed by atoms with E-state index in [4.69, 9.17) is 4.42 Å². The van der Waals surface area contributed by atoms with Crippen LogP contribution in [-0.2, 0) is 0 Å². The van der Waals surface area contributed by atoms with Crippen molar-refractivity contribution >= 4 is 17.6 Å². The average Bonchev–Trinajstić information content (AvgIpc) is 2.71. The number of hydrogen-bond donors (Lipinski definition) is 0. The Morgan fingerprint density at radius 1 is 1.36 bits per heavy atom. The van der Waals surface area contributed by atoms with Crippen molar-refractivity contribution in [1.29, 1.82) is 0 Å². The Morgan fingerprint density at radius 3 is 2.71 bits per heavy atom. The standard InChI is InChI=1S/C11H10O2S/c1-7-5-10(8(2)13-7)9-3-4-14-11(9)6-12/h3-6H,1-2H3. The molecule has 0 fully saturated rings. The topological polar surface area (TPSA) is 30.2 Å². The zero-order valence-electron chi connectivity index (χ0n) is 8.03. The molecular weight excluding hydrogens is 196 g/mol. The van der Waals surface area contributed by atoms with Crippen LogP contribution < -0.4 is 0 Å². The summed E-state index contributed by atoms with van der Waals surface area (Å²) in [5.41, 5.74) is 1.99. The molecule has 2 heterocycles. The van der Waals surface area contributed by atoms with Crippen LogP contribution in [0.25, 0.3) is 11.1 Å². The maximum Gasteiger partial charge on any atom is 0.160 e. The lowest BCUT2D eigenvalue weighted by atomic mass is 10.1. The maximum atomic E-state index is 10.8. The number of thiophene rings is 1. The van der Waals surface area contributed by atoms with Gasteiger partial charge in [0, 0.05) is 11.1 Å². The third-order valence-corrected chi connectivity index (χ3v) is 2.98. The Hall–Kier alpha value is -1.35. The van der Waals surface area contributed by atoms with Crippen molar-refractivity contribution < 1.29 is 9.21 Å². The molecular formula is C11H10O2S. The summed E-state index contributed by atoms with van der Waals surface area (Å²) < 4.78 is 5.43. The molecule has 2 aromatic heterocycles. The van der Waals surface area contributed by atoms with Crippen molar-refractivity contribution in [2.24, 2.45) is 0 Å². The van der Waals surface area contributed by atoms with E-state index in [1.807, 2.05) is 31.4 Å². The normalized spacial score (nSPS) is 10.4. The van der Waals surface area contributed by atoms with Crippen LogP contribution in [-0.4, -0.2) is 6.29 Å². The molecule has 0 atom stereocenters. The molecule has 0 bridgehead atoms. The van der Waals surface area contributed by atoms with Crippen LogP contribution in [0.2, 0.25) is 0 Å². The van der Waals surface area contributed by atoms with E-state index in [-0.39, 0.29) is 0 Å². The molecule has 72 valence electrons. The third-order valence-electron chi connectivity index (χ3n) is 2.13. The number of rotatable bonds is 2. The number of aryl methyl sites for hydroxylation is 2. The first-order valence-corrected chi connectivity index (χ1v) is 5.20. The Bertz CT molecular complexity index is 465. The number of hydrogen-bond acceptors (Lipinski definition) is 3. The summed E-state index contributed by atoms with van der Waals surface area (Å²) in [6.07, 6.45) is 0.891. The quantitative estimate of drug-likeness (QED) is 0.704. The van der Waals surface area contributed by atoms with Gasteiger partial charge in [-0.1, -0.05) is 0 Å². The molecule has 3 heteroatoms. The Morgan fingerprint density at radius 2 is 2.14 bits per heavy atom. The minimum Gasteiger partial charge on any atom is -0.466 e. The number of furan rings is 1. The Labute approximate surface area is 86.2 Å². The van der Waals surface area contributed by atoms with Crippen molar-refractivity contribution in [2.45, 2.75) is 13.8 Å². The second-order valence-corrected chi connectivity index (χ2v) is 4.09. The molecule has 0 unspecified atom stereocenters. The molecule has 2 aromatic rings. The molecule has 0 aliphatic rings. The number of carbonyl (C=O) groups is 1. The average molecular weight is 206 g/mol. The molecule has 0 N–H and O–H groups in total. The van der Waals surface area contributed by atoms with Gasteiger partial charge in [-0.2, -0.15) is 0 Å². The van der Waals surface area contributed by atoms with Gasteiger partial charge in [-0.05, 0) is 31.4 Å². The van der Waals surface area contributed by atoms with E-state index >= 15 is 0 Å². The van der Waals surface area contributed by atoms with Crippen LogP contribution in [0.4, 0.5) is 0 Å². The highest BCUT2D eigenvalue weighted by molar-refractivity contribution is 7.12. The van der Waals surface area contributed by atoms with E-state index in [0.717, 1.165) is 33.8 Å². The van der Waals surface area contributed by atoms with E-state index < -0.39 is 0 Å². The molecule has 0 amide bonds. The third kappa shape index (κ3) is 1.40. The first-order chi connectivity index (χ1) is 6.72. The van der Waals surface area contributed by atoms with Crippen molar-refractivity contribution in [3.63, 3.8) is 0 Å². The summed E-state index contributed by atoms with van der Waals surface area (Å²) in [6, 6.07) is 3.91. The minimum atomic E-state index is 0.758. The predicted molar refractivity (Wildman–Crippen MR) is 56.9 cm³/mol. The molecule has 0 aliphatic carbocycles. The van der Waals surface area contributed by atoms with Crippen LogP contribution >= 0.6 is 11.3 Å². The van der Waals surface area contributed by atoms with Crippen LogP contribution in [0.15, 0.2) is 21.9 Å². The maximum absolute atomic E-state index is 10.8. The van der Waals surface area contributed by atoms with Crippen molar-refractivity contribution in [1.82, 2.24) is 0 Å². The van der Waals surface area contributed by atoms with Crippen LogP contribution in [0.5, 0.6) is 0 Å². The van der Waals surface area contributed by atoms with Gasteiger partial charge in [0.15, 0.2) is 6.29 Å². The molecule has 0 aliphatic heterocycles. The van der Waals surface area contributed by atoms with Gasteiger partial charge in [-0.3, -0.25) is 4.79 Å². The Kier molecular flexibility index (Phi) is 2.25. The van der Waals surface area contributed by atoms with E-state index in [0.29, 0.717) is 0 Å². The van der Waals surface area contributed by atoms with E-state index in [9.17, 15) is 4.79 Å². The molecule has 14 heavy (non-hydrogen) atoms. The molecule has 0 saturated carbocycles. The van der Waals surface area contributed by atoms with Crippen molar-refractivity contribution in [3.8, 4) is 11.1 Å². The highest BCUT2D eigenvalue weighted by atomic mass is 32.1. The summed E-state index contributed by atoms with van der Waals surface area (Å²) in [7, 11) is 0. The summed E-state index contributed by atoms with van der Waals surface area (Å²) in [4.78, 5) is 11.5. The first kappa shape index (κ1) is 9.21. The molecule has 2 rings (SSSR count). The smallest absolute Gasteiger partial charge is 0.160 e. The van der Waals surface area contributed by atoms with Crippen molar-refractivity contribution in [3.05, 3.63) is 33.9 Å². The lowest BCUT2D eigenvalue weighted by molar-refractivity contribution is 0.112. The highest BCUT2D eigenvalue weighted by Crippen LogP contribution is 2.31. The van der Waals surface area contributed by atoms with Crippen LogP contribution in [0, 0.1) is 13.8 Å². The summed E-state index contributed by atoms with van der Waals surface area (Å²) in [5, 5.41) is 1.92. The van der Waals surface area contributed by atoms with Crippen LogP contribution in [0.1, 0.15) is 21.2 Å². The molecule has 2 nitrogen and oxygen atoms in total. The van der Waals surface area contributed by atoms with Gasteiger partial charge < -0.3 is 4.42 Å². The van der Waals surface area contributed by atoms with Gasteiger partial charge in [0.1, 0.15) is 11.5 Å². The second-order valence-electron chi connectivity index (χ2n) is 3.14. The van der Waals surface area contributed by atoms with Gasteiger partial charge in [-0.25, -0.2) is 0 Å². The summed E-state index contributed by atoms with van der Waals surface area (Å²) >= 11 is 1.45. The zero-order valence-corrected chi connectivity index (χ0v) is 8.85. The first-order valence-electron chi connectivity index (χ1n) is 4.32. The largest absolute Gasteiger partial charge is 0.466 e. The number of carbonyl (C=O) groups excluding carboxylic acids is 1. The predicted octanol–water partition coefficient (Wildman–Crippen LogP) is 3.44. The lowest BCUT2D eigenvalue weighted by Crippen LogP contribution is -1.79. The van der Waals surface area contributed by atoms with E-state index in [2.05, 4.69) is 0 Å². The summed E-state index contributed by atoms with van der Waals surface area (Å²) in [5.74, 6) is 1.74. The lowest BCUT2D eigenvalue weighted by Gasteiger charge is -1.94. The minimum absolute atomic E-state index is 0.758. The fourth-order valence-corrected chi connectivity index (χ4v) is 2.24. The van der Waals surface area contributed by atoms with E-state index in [1.165, 1.54) is 11.3 Å². The van der Waals surface area contributed by atoms with Crippen LogP contribution in [0.3, 0.4) is 0 Å². The van der Waals surface area contributed by atoms with Crippen molar-refractivity contribution in [2.75, 3.05) is 0 Å². The van der Waals surface area contributed by atoms with Gasteiger partial charge >= 0.3 is 0 Å². The molecule has 0 spiro atoms. The second kappa shape index (κ2) is 3.42. The Balaban J connectivity index is 2.59. The number of aldehydes is 1.